The molecule has 0 radical (unpaired) electrons. The number of aromatic nitrogens is 2. The number of thiophene rings is 1. The van der Waals surface area contributed by atoms with Crippen LogP contribution in [0.2, 0.25) is 0 Å². The van der Waals surface area contributed by atoms with Gasteiger partial charge in [-0.15, -0.1) is 11.3 Å². The molecule has 28 heavy (non-hydrogen) atoms. The largest absolute Gasteiger partial charge is 0.476 e. The zero-order chi connectivity index (χ0) is 18.8. The van der Waals surface area contributed by atoms with E-state index < -0.39 is 0 Å². The van der Waals surface area contributed by atoms with Crippen LogP contribution >= 0.6 is 11.3 Å². The van der Waals surface area contributed by atoms with Crippen LogP contribution in [0.1, 0.15) is 23.3 Å². The summed E-state index contributed by atoms with van der Waals surface area (Å²) in [6.45, 7) is 5.13. The summed E-state index contributed by atoms with van der Waals surface area (Å²) in [5, 5.41) is 1.15. The summed E-state index contributed by atoms with van der Waals surface area (Å²) in [7, 11) is 0. The Morgan fingerprint density at radius 1 is 1.04 bits per heavy atom. The predicted octanol–water partition coefficient (Wildman–Crippen LogP) is 3.95. The minimum Gasteiger partial charge on any atom is -0.476 e. The van der Waals surface area contributed by atoms with E-state index in [1.54, 1.807) is 0 Å². The van der Waals surface area contributed by atoms with Crippen LogP contribution in [0.3, 0.4) is 0 Å². The monoisotopic (exact) mass is 395 g/mol. The first-order chi connectivity index (χ1) is 13.9. The molecule has 0 atom stereocenters. The third-order valence-corrected chi connectivity index (χ3v) is 6.75. The van der Waals surface area contributed by atoms with Crippen molar-refractivity contribution >= 4 is 21.6 Å². The number of benzene rings is 1. The molecule has 3 aromatic rings. The summed E-state index contributed by atoms with van der Waals surface area (Å²) in [5.41, 5.74) is 2.46. The topological polar surface area (TPSA) is 47.5 Å². The van der Waals surface area contributed by atoms with Gasteiger partial charge < -0.3 is 9.47 Å². The van der Waals surface area contributed by atoms with E-state index in [-0.39, 0.29) is 0 Å². The molecule has 2 aromatic heterocycles. The Kier molecular flexibility index (Phi) is 5.25. The molecule has 0 bridgehead atoms. The predicted molar refractivity (Wildman–Crippen MR) is 112 cm³/mol. The van der Waals surface area contributed by atoms with Crippen molar-refractivity contribution in [2.45, 2.75) is 25.7 Å². The maximum absolute atomic E-state index is 6.28. The number of hydrogen-bond donors (Lipinski definition) is 0. The molecule has 1 fully saturated rings. The van der Waals surface area contributed by atoms with Crippen molar-refractivity contribution < 1.29 is 9.47 Å². The average Bonchev–Trinajstić information content (AvgIpc) is 3.14. The highest BCUT2D eigenvalue weighted by Crippen LogP contribution is 2.40. The van der Waals surface area contributed by atoms with E-state index in [9.17, 15) is 0 Å². The molecule has 0 amide bonds. The number of rotatable bonds is 5. The van der Waals surface area contributed by atoms with E-state index in [1.807, 2.05) is 29.5 Å². The molecule has 1 aliphatic heterocycles. The summed E-state index contributed by atoms with van der Waals surface area (Å²) in [4.78, 5) is 14.7. The third kappa shape index (κ3) is 3.64. The second kappa shape index (κ2) is 8.15. The fourth-order valence-electron chi connectivity index (χ4n) is 4.04. The second-order valence-corrected chi connectivity index (χ2v) is 8.50. The average molecular weight is 396 g/mol. The Balaban J connectivity index is 1.48. The molecule has 1 aliphatic carbocycles. The highest BCUT2D eigenvalue weighted by molar-refractivity contribution is 7.18. The third-order valence-electron chi connectivity index (χ3n) is 5.56. The molecule has 1 saturated heterocycles. The molecule has 2 aliphatic rings. The SMILES string of the molecule is c1ccc(-c2nc(OCCN3CCOCC3)c3c4c(sc3n2)CCCC4)cc1. The van der Waals surface area contributed by atoms with Gasteiger partial charge in [0.15, 0.2) is 5.82 Å². The zero-order valence-corrected chi connectivity index (χ0v) is 16.8. The number of nitrogens with zero attached hydrogens (tertiary/aromatic N) is 3. The molecular formula is C22H25N3O2S. The summed E-state index contributed by atoms with van der Waals surface area (Å²) >= 11 is 1.83. The highest BCUT2D eigenvalue weighted by atomic mass is 32.1. The van der Waals surface area contributed by atoms with Gasteiger partial charge in [0.25, 0.3) is 0 Å². The van der Waals surface area contributed by atoms with E-state index in [0.29, 0.717) is 6.61 Å². The lowest BCUT2D eigenvalue weighted by Crippen LogP contribution is -2.38. The minimum atomic E-state index is 0.644. The molecular weight excluding hydrogens is 370 g/mol. The van der Waals surface area contributed by atoms with Gasteiger partial charge in [-0.05, 0) is 31.2 Å². The van der Waals surface area contributed by atoms with E-state index in [2.05, 4.69) is 17.0 Å². The zero-order valence-electron chi connectivity index (χ0n) is 16.0. The van der Waals surface area contributed by atoms with Gasteiger partial charge >= 0.3 is 0 Å². The molecule has 146 valence electrons. The van der Waals surface area contributed by atoms with Gasteiger partial charge in [0.05, 0.1) is 18.6 Å². The molecule has 0 unspecified atom stereocenters. The fourth-order valence-corrected chi connectivity index (χ4v) is 5.29. The van der Waals surface area contributed by atoms with E-state index in [1.165, 1.54) is 23.3 Å². The summed E-state index contributed by atoms with van der Waals surface area (Å²) in [6.07, 6.45) is 4.78. The maximum atomic E-state index is 6.28. The molecule has 0 spiro atoms. The Morgan fingerprint density at radius 3 is 2.71 bits per heavy atom. The molecule has 6 heteroatoms. The first kappa shape index (κ1) is 18.0. The van der Waals surface area contributed by atoms with Crippen LogP contribution in [0, 0.1) is 0 Å². The molecule has 3 heterocycles. The molecule has 0 N–H and O–H groups in total. The quantitative estimate of drug-likeness (QED) is 0.655. The highest BCUT2D eigenvalue weighted by Gasteiger charge is 2.22. The maximum Gasteiger partial charge on any atom is 0.226 e. The minimum absolute atomic E-state index is 0.644. The Bertz CT molecular complexity index is 951. The van der Waals surface area contributed by atoms with Gasteiger partial charge in [-0.25, -0.2) is 4.98 Å². The van der Waals surface area contributed by atoms with Gasteiger partial charge in [0.1, 0.15) is 11.4 Å². The second-order valence-electron chi connectivity index (χ2n) is 7.41. The van der Waals surface area contributed by atoms with Crippen molar-refractivity contribution in [3.63, 3.8) is 0 Å². The standard InChI is InChI=1S/C22H25N3O2S/c1-2-6-16(7-3-1)20-23-21(27-15-12-25-10-13-26-14-11-25)19-17-8-4-5-9-18(17)28-22(19)24-20/h1-3,6-7H,4-5,8-15H2. The normalized spacial score (nSPS) is 17.6. The van der Waals surface area contributed by atoms with Crippen LogP contribution in [0.15, 0.2) is 30.3 Å². The van der Waals surface area contributed by atoms with Crippen molar-refractivity contribution in [1.29, 1.82) is 0 Å². The Morgan fingerprint density at radius 2 is 1.86 bits per heavy atom. The van der Waals surface area contributed by atoms with Crippen LogP contribution in [-0.2, 0) is 17.6 Å². The molecule has 1 aromatic carbocycles. The van der Waals surface area contributed by atoms with Gasteiger partial charge in [0, 0.05) is 30.1 Å². The van der Waals surface area contributed by atoms with Crippen molar-refractivity contribution in [2.24, 2.45) is 0 Å². The number of morpholine rings is 1. The number of fused-ring (bicyclic) bond motifs is 3. The van der Waals surface area contributed by atoms with Crippen molar-refractivity contribution in [1.82, 2.24) is 14.9 Å². The fraction of sp³-hybridized carbons (Fsp3) is 0.455. The van der Waals surface area contributed by atoms with E-state index >= 15 is 0 Å². The first-order valence-corrected chi connectivity index (χ1v) is 11.0. The van der Waals surface area contributed by atoms with Gasteiger partial charge in [0.2, 0.25) is 5.88 Å². The Hall–Kier alpha value is -2.02. The van der Waals surface area contributed by atoms with Gasteiger partial charge in [-0.1, -0.05) is 30.3 Å². The van der Waals surface area contributed by atoms with Gasteiger partial charge in [-0.2, -0.15) is 4.98 Å². The van der Waals surface area contributed by atoms with E-state index in [0.717, 1.165) is 73.2 Å². The van der Waals surface area contributed by atoms with Crippen LogP contribution in [0.4, 0.5) is 0 Å². The summed E-state index contributed by atoms with van der Waals surface area (Å²) in [6, 6.07) is 10.2. The summed E-state index contributed by atoms with van der Waals surface area (Å²) < 4.78 is 11.7. The van der Waals surface area contributed by atoms with Gasteiger partial charge in [-0.3, -0.25) is 4.90 Å². The number of aryl methyl sites for hydroxylation is 2. The van der Waals surface area contributed by atoms with Crippen LogP contribution in [0.5, 0.6) is 5.88 Å². The van der Waals surface area contributed by atoms with Crippen molar-refractivity contribution in [2.75, 3.05) is 39.5 Å². The summed E-state index contributed by atoms with van der Waals surface area (Å²) in [5.74, 6) is 1.52. The van der Waals surface area contributed by atoms with Crippen LogP contribution in [-0.4, -0.2) is 54.3 Å². The van der Waals surface area contributed by atoms with Crippen molar-refractivity contribution in [3.8, 4) is 17.3 Å². The van der Waals surface area contributed by atoms with Crippen LogP contribution < -0.4 is 4.74 Å². The van der Waals surface area contributed by atoms with Crippen molar-refractivity contribution in [3.05, 3.63) is 40.8 Å². The molecule has 5 rings (SSSR count). The lowest BCUT2D eigenvalue weighted by atomic mass is 9.97. The number of hydrogen-bond acceptors (Lipinski definition) is 6. The first-order valence-electron chi connectivity index (χ1n) is 10.2. The smallest absolute Gasteiger partial charge is 0.226 e. The van der Waals surface area contributed by atoms with Crippen LogP contribution in [0.25, 0.3) is 21.6 Å². The number of ether oxygens (including phenoxy) is 2. The lowest BCUT2D eigenvalue weighted by Gasteiger charge is -2.26. The lowest BCUT2D eigenvalue weighted by molar-refractivity contribution is 0.0321. The van der Waals surface area contributed by atoms with E-state index in [4.69, 9.17) is 19.4 Å². The molecule has 5 nitrogen and oxygen atoms in total. The Labute approximate surface area is 169 Å². The molecule has 0 saturated carbocycles.